The smallest absolute Gasteiger partial charge is 0.285 e. The van der Waals surface area contributed by atoms with E-state index in [2.05, 4.69) is 0 Å². The van der Waals surface area contributed by atoms with Gasteiger partial charge in [-0.15, -0.1) is 0 Å². The standard InChI is InChI=1S/C16H11NO4/c1-10-6-8-11(9-7-10)16(17(20)21)14(18)12-4-2-3-5-13(12)15(16)19/h2-9H,1H3. The highest BCUT2D eigenvalue weighted by Gasteiger charge is 2.65. The number of ketones is 2. The number of hydrogen-bond donors (Lipinski definition) is 0. The lowest BCUT2D eigenvalue weighted by Crippen LogP contribution is -2.46. The minimum atomic E-state index is -2.35. The van der Waals surface area contributed by atoms with Crippen LogP contribution in [0.2, 0.25) is 0 Å². The van der Waals surface area contributed by atoms with Crippen LogP contribution in [0.25, 0.3) is 0 Å². The van der Waals surface area contributed by atoms with Gasteiger partial charge in [0.25, 0.3) is 11.6 Å². The van der Waals surface area contributed by atoms with Gasteiger partial charge in [0.05, 0.1) is 0 Å². The summed E-state index contributed by atoms with van der Waals surface area (Å²) in [5.41, 5.74) is -1.13. The quantitative estimate of drug-likeness (QED) is 0.481. The molecule has 2 aromatic rings. The molecule has 0 N–H and O–H groups in total. The number of carbonyl (C=O) groups is 2. The van der Waals surface area contributed by atoms with Crippen molar-refractivity contribution in [2.24, 2.45) is 0 Å². The lowest BCUT2D eigenvalue weighted by atomic mass is 9.85. The minimum absolute atomic E-state index is 0.101. The van der Waals surface area contributed by atoms with Gasteiger partial charge in [0.15, 0.2) is 0 Å². The van der Waals surface area contributed by atoms with Crippen LogP contribution in [0, 0.1) is 17.0 Å². The zero-order valence-corrected chi connectivity index (χ0v) is 11.2. The van der Waals surface area contributed by atoms with Crippen molar-refractivity contribution in [3.63, 3.8) is 0 Å². The van der Waals surface area contributed by atoms with E-state index in [1.807, 2.05) is 6.92 Å². The highest BCUT2D eigenvalue weighted by Crippen LogP contribution is 2.40. The lowest BCUT2D eigenvalue weighted by molar-refractivity contribution is -0.537. The molecule has 0 spiro atoms. The first kappa shape index (κ1) is 13.2. The maximum Gasteiger partial charge on any atom is 0.370 e. The molecule has 3 rings (SSSR count). The minimum Gasteiger partial charge on any atom is -0.285 e. The number of aryl methyl sites for hydroxylation is 1. The molecular formula is C16H11NO4. The maximum atomic E-state index is 12.6. The molecule has 0 atom stereocenters. The molecule has 1 aliphatic carbocycles. The molecule has 2 aromatic carbocycles. The van der Waals surface area contributed by atoms with Crippen molar-refractivity contribution in [1.82, 2.24) is 0 Å². The highest BCUT2D eigenvalue weighted by atomic mass is 16.6. The van der Waals surface area contributed by atoms with Crippen molar-refractivity contribution in [1.29, 1.82) is 0 Å². The zero-order chi connectivity index (χ0) is 15.2. The second-order valence-corrected chi connectivity index (χ2v) is 5.04. The molecule has 21 heavy (non-hydrogen) atoms. The van der Waals surface area contributed by atoms with Crippen molar-refractivity contribution in [2.75, 3.05) is 0 Å². The number of benzene rings is 2. The van der Waals surface area contributed by atoms with Crippen LogP contribution < -0.4 is 0 Å². The summed E-state index contributed by atoms with van der Waals surface area (Å²) in [6.45, 7) is 1.83. The molecule has 0 saturated carbocycles. The van der Waals surface area contributed by atoms with Gasteiger partial charge in [0.1, 0.15) is 0 Å². The number of nitro groups is 1. The van der Waals surface area contributed by atoms with Crippen LogP contribution in [-0.2, 0) is 5.54 Å². The van der Waals surface area contributed by atoms with E-state index in [0.717, 1.165) is 5.56 Å². The Morgan fingerprint density at radius 1 is 0.905 bits per heavy atom. The number of nitrogens with zero attached hydrogens (tertiary/aromatic N) is 1. The average molecular weight is 281 g/mol. The fourth-order valence-corrected chi connectivity index (χ4v) is 2.70. The predicted molar refractivity (Wildman–Crippen MR) is 75.0 cm³/mol. The Labute approximate surface area is 120 Å². The summed E-state index contributed by atoms with van der Waals surface area (Å²) in [5, 5.41) is 11.7. The van der Waals surface area contributed by atoms with Crippen LogP contribution in [0.1, 0.15) is 31.8 Å². The number of Topliss-reactive ketones (excluding diaryl/α,β-unsaturated/α-hetero) is 2. The van der Waals surface area contributed by atoms with Crippen molar-refractivity contribution >= 4 is 11.6 Å². The summed E-state index contributed by atoms with van der Waals surface area (Å²) < 4.78 is 0. The van der Waals surface area contributed by atoms with E-state index in [1.165, 1.54) is 24.3 Å². The average Bonchev–Trinajstić information content (AvgIpc) is 2.70. The molecule has 0 amide bonds. The number of fused-ring (bicyclic) bond motifs is 1. The second kappa shape index (κ2) is 4.34. The lowest BCUT2D eigenvalue weighted by Gasteiger charge is -2.17. The third kappa shape index (κ3) is 1.57. The maximum absolute atomic E-state index is 12.6. The van der Waals surface area contributed by atoms with Crippen molar-refractivity contribution < 1.29 is 14.5 Å². The molecule has 0 radical (unpaired) electrons. The molecule has 0 heterocycles. The Kier molecular flexibility index (Phi) is 2.73. The predicted octanol–water partition coefficient (Wildman–Crippen LogP) is 2.55. The van der Waals surface area contributed by atoms with E-state index < -0.39 is 22.0 Å². The zero-order valence-electron chi connectivity index (χ0n) is 11.2. The fraction of sp³-hybridized carbons (Fsp3) is 0.125. The summed E-state index contributed by atoms with van der Waals surface area (Å²) in [6, 6.07) is 12.3. The Hall–Kier alpha value is -2.82. The summed E-state index contributed by atoms with van der Waals surface area (Å²) >= 11 is 0. The summed E-state index contributed by atoms with van der Waals surface area (Å²) in [7, 11) is 0. The van der Waals surface area contributed by atoms with Gasteiger partial charge >= 0.3 is 5.54 Å². The first-order valence-electron chi connectivity index (χ1n) is 6.40. The van der Waals surface area contributed by atoms with Gasteiger partial charge in [-0.3, -0.25) is 19.7 Å². The molecule has 0 aliphatic heterocycles. The van der Waals surface area contributed by atoms with E-state index >= 15 is 0 Å². The number of carbonyl (C=O) groups excluding carboxylic acids is 2. The van der Waals surface area contributed by atoms with Crippen LogP contribution in [0.3, 0.4) is 0 Å². The number of hydrogen-bond acceptors (Lipinski definition) is 4. The summed E-state index contributed by atoms with van der Waals surface area (Å²) in [5.74, 6) is -1.53. The van der Waals surface area contributed by atoms with Crippen LogP contribution in [-0.4, -0.2) is 16.5 Å². The molecule has 0 bridgehead atoms. The molecule has 5 heteroatoms. The Balaban J connectivity index is 2.30. The van der Waals surface area contributed by atoms with Crippen molar-refractivity contribution in [3.8, 4) is 0 Å². The first-order chi connectivity index (χ1) is 9.99. The van der Waals surface area contributed by atoms with E-state index in [-0.39, 0.29) is 16.7 Å². The number of rotatable bonds is 2. The molecule has 1 aliphatic rings. The van der Waals surface area contributed by atoms with Crippen LogP contribution in [0.15, 0.2) is 48.5 Å². The molecule has 5 nitrogen and oxygen atoms in total. The topological polar surface area (TPSA) is 77.3 Å². The Morgan fingerprint density at radius 2 is 1.38 bits per heavy atom. The SMILES string of the molecule is Cc1ccc(C2([N+](=O)[O-])C(=O)c3ccccc3C2=O)cc1. The van der Waals surface area contributed by atoms with Gasteiger partial charge in [-0.05, 0) is 6.92 Å². The van der Waals surface area contributed by atoms with Gasteiger partial charge in [-0.1, -0.05) is 54.1 Å². The normalized spacial score (nSPS) is 15.9. The molecule has 0 fully saturated rings. The van der Waals surface area contributed by atoms with E-state index in [9.17, 15) is 19.7 Å². The van der Waals surface area contributed by atoms with Crippen molar-refractivity contribution in [3.05, 3.63) is 80.9 Å². The van der Waals surface area contributed by atoms with Gasteiger partial charge in [0, 0.05) is 21.6 Å². The van der Waals surface area contributed by atoms with E-state index in [1.54, 1.807) is 24.3 Å². The third-order valence-electron chi connectivity index (χ3n) is 3.82. The summed E-state index contributed by atoms with van der Waals surface area (Å²) in [4.78, 5) is 36.1. The van der Waals surface area contributed by atoms with E-state index in [4.69, 9.17) is 0 Å². The van der Waals surface area contributed by atoms with Crippen molar-refractivity contribution in [2.45, 2.75) is 12.5 Å². The summed E-state index contributed by atoms with van der Waals surface area (Å²) in [6.07, 6.45) is 0. The van der Waals surface area contributed by atoms with Gasteiger partial charge in [-0.2, -0.15) is 0 Å². The van der Waals surface area contributed by atoms with Crippen LogP contribution in [0.4, 0.5) is 0 Å². The largest absolute Gasteiger partial charge is 0.370 e. The van der Waals surface area contributed by atoms with Crippen LogP contribution >= 0.6 is 0 Å². The second-order valence-electron chi connectivity index (χ2n) is 5.04. The van der Waals surface area contributed by atoms with Crippen LogP contribution in [0.5, 0.6) is 0 Å². The molecule has 104 valence electrons. The monoisotopic (exact) mass is 281 g/mol. The van der Waals surface area contributed by atoms with Gasteiger partial charge in [0.2, 0.25) is 0 Å². The first-order valence-corrected chi connectivity index (χ1v) is 6.40. The van der Waals surface area contributed by atoms with Gasteiger partial charge in [-0.25, -0.2) is 0 Å². The van der Waals surface area contributed by atoms with E-state index in [0.29, 0.717) is 0 Å². The Morgan fingerprint density at radius 3 is 1.81 bits per heavy atom. The molecule has 0 aromatic heterocycles. The highest BCUT2D eigenvalue weighted by molar-refractivity contribution is 6.31. The fourth-order valence-electron chi connectivity index (χ4n) is 2.70. The molecule has 0 unspecified atom stereocenters. The van der Waals surface area contributed by atoms with Gasteiger partial charge < -0.3 is 0 Å². The third-order valence-corrected chi connectivity index (χ3v) is 3.82. The Bertz CT molecular complexity index is 742. The molecular weight excluding hydrogens is 270 g/mol. The molecule has 0 saturated heterocycles.